The average molecular weight is 214 g/mol. The zero-order valence-electron chi connectivity index (χ0n) is 9.80. The van der Waals surface area contributed by atoms with Crippen LogP contribution in [0.15, 0.2) is 0 Å². The Morgan fingerprint density at radius 3 is 2.27 bits per heavy atom. The molecule has 4 atom stereocenters. The lowest BCUT2D eigenvalue weighted by atomic mass is 9.93. The summed E-state index contributed by atoms with van der Waals surface area (Å²) >= 11 is 0. The maximum atomic E-state index is 5.77. The monoisotopic (exact) mass is 214 g/mol. The molecule has 1 aliphatic heterocycles. The van der Waals surface area contributed by atoms with Crippen molar-refractivity contribution < 1.29 is 18.9 Å². The van der Waals surface area contributed by atoms with Gasteiger partial charge in [0.15, 0.2) is 0 Å². The molecule has 0 aromatic rings. The molecule has 1 aliphatic rings. The molecule has 86 valence electrons. The van der Waals surface area contributed by atoms with Crippen molar-refractivity contribution in [2.45, 2.75) is 44.3 Å². The molecule has 0 N–H and O–H groups in total. The Morgan fingerprint density at radius 2 is 1.80 bits per heavy atom. The van der Waals surface area contributed by atoms with Gasteiger partial charge in [-0.05, 0) is 13.8 Å². The van der Waals surface area contributed by atoms with Crippen molar-refractivity contribution in [2.75, 3.05) is 20.8 Å². The normalized spacial score (nSPS) is 36.3. The van der Waals surface area contributed by atoms with Gasteiger partial charge in [0.05, 0.1) is 12.7 Å². The Labute approximate surface area is 92.6 Å². The Bertz CT molecular complexity index is 188. The number of hydrogen-bond acceptors (Lipinski definition) is 4. The smallest absolute Gasteiger partial charge is 0.113 e. The summed E-state index contributed by atoms with van der Waals surface area (Å²) in [4.78, 5) is 0. The van der Waals surface area contributed by atoms with Crippen molar-refractivity contribution in [3.8, 4) is 0 Å². The first-order valence-electron chi connectivity index (χ1n) is 5.18. The number of rotatable bonds is 5. The lowest BCUT2D eigenvalue weighted by Crippen LogP contribution is -2.38. The van der Waals surface area contributed by atoms with Gasteiger partial charge >= 0.3 is 0 Å². The van der Waals surface area contributed by atoms with Crippen molar-refractivity contribution in [1.29, 1.82) is 0 Å². The maximum Gasteiger partial charge on any atom is 0.113 e. The molecule has 4 nitrogen and oxygen atoms in total. The number of hydrogen-bond donors (Lipinski definition) is 0. The Kier molecular flexibility index (Phi) is 5.05. The molecule has 2 radical (unpaired) electrons. The van der Waals surface area contributed by atoms with E-state index in [2.05, 4.69) is 0 Å². The second-order valence-corrected chi connectivity index (χ2v) is 3.92. The fourth-order valence-electron chi connectivity index (χ4n) is 1.73. The van der Waals surface area contributed by atoms with Crippen molar-refractivity contribution in [3.05, 3.63) is 0 Å². The summed E-state index contributed by atoms with van der Waals surface area (Å²) < 4.78 is 21.6. The van der Waals surface area contributed by atoms with Crippen molar-refractivity contribution >= 4 is 7.85 Å². The molecule has 1 rings (SSSR count). The number of methoxy groups -OCH3 is 2. The quantitative estimate of drug-likeness (QED) is 0.618. The zero-order valence-corrected chi connectivity index (χ0v) is 9.80. The third kappa shape index (κ3) is 3.18. The van der Waals surface area contributed by atoms with Gasteiger partial charge in [0.25, 0.3) is 0 Å². The molecule has 5 heteroatoms. The van der Waals surface area contributed by atoms with Crippen molar-refractivity contribution in [3.63, 3.8) is 0 Å². The van der Waals surface area contributed by atoms with Crippen LogP contribution in [-0.2, 0) is 18.9 Å². The van der Waals surface area contributed by atoms with Crippen LogP contribution in [0, 0.1) is 0 Å². The summed E-state index contributed by atoms with van der Waals surface area (Å²) in [6, 6.07) is -0.444. The maximum absolute atomic E-state index is 5.77. The summed E-state index contributed by atoms with van der Waals surface area (Å²) in [5.74, 6) is 0. The van der Waals surface area contributed by atoms with E-state index in [1.54, 1.807) is 14.2 Å². The molecular weight excluding hydrogens is 195 g/mol. The topological polar surface area (TPSA) is 36.9 Å². The molecule has 0 spiro atoms. The van der Waals surface area contributed by atoms with E-state index >= 15 is 0 Å². The van der Waals surface area contributed by atoms with E-state index in [9.17, 15) is 0 Å². The predicted molar refractivity (Wildman–Crippen MR) is 57.1 cm³/mol. The molecule has 0 aromatic carbocycles. The average Bonchev–Trinajstić information content (AvgIpc) is 2.50. The summed E-state index contributed by atoms with van der Waals surface area (Å²) in [6.45, 7) is 4.43. The lowest BCUT2D eigenvalue weighted by Gasteiger charge is -2.21. The lowest BCUT2D eigenvalue weighted by molar-refractivity contribution is -0.0647. The van der Waals surface area contributed by atoms with E-state index in [0.29, 0.717) is 6.61 Å². The molecule has 1 saturated heterocycles. The van der Waals surface area contributed by atoms with E-state index in [0.717, 1.165) is 0 Å². The molecule has 15 heavy (non-hydrogen) atoms. The van der Waals surface area contributed by atoms with E-state index in [4.69, 9.17) is 26.8 Å². The first kappa shape index (κ1) is 13.0. The second-order valence-electron chi connectivity index (χ2n) is 3.92. The van der Waals surface area contributed by atoms with E-state index in [-0.39, 0.29) is 24.4 Å². The minimum atomic E-state index is -0.444. The Hall–Kier alpha value is -0.0951. The van der Waals surface area contributed by atoms with Crippen LogP contribution in [0.2, 0.25) is 0 Å². The molecule has 0 aromatic heterocycles. The highest BCUT2D eigenvalue weighted by atomic mass is 16.6. The summed E-state index contributed by atoms with van der Waals surface area (Å²) in [5.41, 5.74) is 0. The SMILES string of the molecule is [B][C@@H]1O[C@H](COC(C)C)C(OC)C1OC. The van der Waals surface area contributed by atoms with Gasteiger partial charge < -0.3 is 18.9 Å². The number of ether oxygens (including phenoxy) is 4. The minimum absolute atomic E-state index is 0.155. The molecule has 0 amide bonds. The Balaban J connectivity index is 2.50. The highest BCUT2D eigenvalue weighted by Crippen LogP contribution is 2.24. The zero-order chi connectivity index (χ0) is 11.4. The standard InChI is InChI=1S/C10H19BO4/c1-6(2)14-5-7-8(12-3)9(13-4)10(11)15-7/h6-10H,5H2,1-4H3/t7-,8?,9?,10-/m1/s1. The second kappa shape index (κ2) is 5.84. The predicted octanol–water partition coefficient (Wildman–Crippen LogP) is 0.335. The highest BCUT2D eigenvalue weighted by molar-refractivity contribution is 6.11. The van der Waals surface area contributed by atoms with Crippen LogP contribution in [0.3, 0.4) is 0 Å². The van der Waals surface area contributed by atoms with Crippen LogP contribution < -0.4 is 0 Å². The van der Waals surface area contributed by atoms with E-state index in [1.165, 1.54) is 0 Å². The summed E-state index contributed by atoms with van der Waals surface area (Å²) in [6.07, 6.45) is -0.374. The highest BCUT2D eigenvalue weighted by Gasteiger charge is 2.42. The fraction of sp³-hybridized carbons (Fsp3) is 1.00. The van der Waals surface area contributed by atoms with Gasteiger partial charge in [0.2, 0.25) is 0 Å². The third-order valence-electron chi connectivity index (χ3n) is 2.48. The van der Waals surface area contributed by atoms with Gasteiger partial charge in [-0.15, -0.1) is 0 Å². The van der Waals surface area contributed by atoms with Crippen LogP contribution in [0.4, 0.5) is 0 Å². The van der Waals surface area contributed by atoms with Gasteiger partial charge in [-0.2, -0.15) is 0 Å². The van der Waals surface area contributed by atoms with Crippen molar-refractivity contribution in [2.24, 2.45) is 0 Å². The van der Waals surface area contributed by atoms with E-state index in [1.807, 2.05) is 13.8 Å². The molecule has 1 heterocycles. The summed E-state index contributed by atoms with van der Waals surface area (Å²) in [7, 11) is 9.00. The largest absolute Gasteiger partial charge is 0.377 e. The molecule has 0 bridgehead atoms. The molecule has 0 saturated carbocycles. The summed E-state index contributed by atoms with van der Waals surface area (Å²) in [5, 5.41) is 0. The first-order valence-corrected chi connectivity index (χ1v) is 5.18. The van der Waals surface area contributed by atoms with Crippen LogP contribution >= 0.6 is 0 Å². The fourth-order valence-corrected chi connectivity index (χ4v) is 1.73. The molecule has 0 aliphatic carbocycles. The van der Waals surface area contributed by atoms with Gasteiger partial charge in [0.1, 0.15) is 26.2 Å². The minimum Gasteiger partial charge on any atom is -0.377 e. The van der Waals surface area contributed by atoms with Crippen LogP contribution in [0.1, 0.15) is 13.8 Å². The van der Waals surface area contributed by atoms with Gasteiger partial charge in [-0.25, -0.2) is 0 Å². The van der Waals surface area contributed by atoms with Gasteiger partial charge in [-0.3, -0.25) is 0 Å². The molecular formula is C10H19BO4. The van der Waals surface area contributed by atoms with Crippen LogP contribution in [0.5, 0.6) is 0 Å². The first-order chi connectivity index (χ1) is 7.10. The van der Waals surface area contributed by atoms with E-state index < -0.39 is 6.00 Å². The molecule has 2 unspecified atom stereocenters. The van der Waals surface area contributed by atoms with Crippen LogP contribution in [0.25, 0.3) is 0 Å². The van der Waals surface area contributed by atoms with Gasteiger partial charge in [0, 0.05) is 20.2 Å². The molecule has 1 fully saturated rings. The van der Waals surface area contributed by atoms with Crippen molar-refractivity contribution in [1.82, 2.24) is 0 Å². The Morgan fingerprint density at radius 1 is 1.20 bits per heavy atom. The van der Waals surface area contributed by atoms with Crippen LogP contribution in [-0.4, -0.2) is 59.1 Å². The third-order valence-corrected chi connectivity index (χ3v) is 2.48. The van der Waals surface area contributed by atoms with Gasteiger partial charge in [-0.1, -0.05) is 0 Å².